The molecule has 0 bridgehead atoms. The monoisotopic (exact) mass is 350 g/mol. The highest BCUT2D eigenvalue weighted by molar-refractivity contribution is 9.10. The van der Waals surface area contributed by atoms with E-state index in [0.717, 1.165) is 16.7 Å². The van der Waals surface area contributed by atoms with Gasteiger partial charge in [0.2, 0.25) is 0 Å². The van der Waals surface area contributed by atoms with Gasteiger partial charge in [0.05, 0.1) is 4.47 Å². The zero-order chi connectivity index (χ0) is 15.9. The first-order valence-electron chi connectivity index (χ1n) is 6.95. The Kier molecular flexibility index (Phi) is 4.54. The molecule has 1 atom stereocenters. The summed E-state index contributed by atoms with van der Waals surface area (Å²) < 4.78 is 13.7. The van der Waals surface area contributed by atoms with E-state index in [1.165, 1.54) is 22.8 Å². The predicted octanol–water partition coefficient (Wildman–Crippen LogP) is 5.21. The number of aliphatic hydroxyl groups is 1. The molecule has 0 aliphatic rings. The standard InChI is InChI=1S/C18H20BrFO/c1-9-10(2)12(4)17(13(5)11(9)3)18(21)14-6-7-16(20)15(19)8-14/h6-8,18,21H,1-5H3. The average Bonchev–Trinajstić information content (AvgIpc) is 2.46. The Morgan fingerprint density at radius 1 is 0.905 bits per heavy atom. The lowest BCUT2D eigenvalue weighted by Crippen LogP contribution is -2.09. The van der Waals surface area contributed by atoms with Crippen molar-refractivity contribution in [1.82, 2.24) is 0 Å². The van der Waals surface area contributed by atoms with Gasteiger partial charge in [-0.15, -0.1) is 0 Å². The fourth-order valence-corrected chi connectivity index (χ4v) is 3.18. The third kappa shape index (κ3) is 2.77. The largest absolute Gasteiger partial charge is 0.384 e. The maximum Gasteiger partial charge on any atom is 0.137 e. The van der Waals surface area contributed by atoms with Gasteiger partial charge in [0.15, 0.2) is 0 Å². The SMILES string of the molecule is Cc1c(C)c(C)c(C(O)c2ccc(F)c(Br)c2)c(C)c1C. The number of hydrogen-bond acceptors (Lipinski definition) is 1. The summed E-state index contributed by atoms with van der Waals surface area (Å²) in [7, 11) is 0. The lowest BCUT2D eigenvalue weighted by molar-refractivity contribution is 0.218. The summed E-state index contributed by atoms with van der Waals surface area (Å²) in [5, 5.41) is 10.8. The maximum absolute atomic E-state index is 13.4. The molecule has 0 radical (unpaired) electrons. The summed E-state index contributed by atoms with van der Waals surface area (Å²) in [5.74, 6) is -0.323. The highest BCUT2D eigenvalue weighted by Gasteiger charge is 2.20. The molecule has 112 valence electrons. The molecule has 0 spiro atoms. The molecule has 0 saturated carbocycles. The van der Waals surface area contributed by atoms with Crippen LogP contribution in [0, 0.1) is 40.4 Å². The first kappa shape index (κ1) is 16.2. The Labute approximate surface area is 134 Å². The molecule has 0 fully saturated rings. The van der Waals surface area contributed by atoms with Crippen molar-refractivity contribution in [2.75, 3.05) is 0 Å². The molecular formula is C18H20BrFO. The zero-order valence-corrected chi connectivity index (χ0v) is 14.6. The van der Waals surface area contributed by atoms with Crippen molar-refractivity contribution in [2.24, 2.45) is 0 Å². The smallest absolute Gasteiger partial charge is 0.137 e. The Morgan fingerprint density at radius 2 is 1.38 bits per heavy atom. The van der Waals surface area contributed by atoms with Crippen LogP contribution in [0.15, 0.2) is 22.7 Å². The van der Waals surface area contributed by atoms with Gasteiger partial charge in [-0.2, -0.15) is 0 Å². The van der Waals surface area contributed by atoms with E-state index >= 15 is 0 Å². The fraction of sp³-hybridized carbons (Fsp3) is 0.333. The van der Waals surface area contributed by atoms with Crippen LogP contribution in [-0.2, 0) is 0 Å². The molecule has 2 rings (SSSR count). The molecule has 0 aliphatic heterocycles. The van der Waals surface area contributed by atoms with Crippen LogP contribution in [0.3, 0.4) is 0 Å². The van der Waals surface area contributed by atoms with Gasteiger partial charge >= 0.3 is 0 Å². The summed E-state index contributed by atoms with van der Waals surface area (Å²) in [6.07, 6.45) is -0.750. The third-order valence-corrected chi connectivity index (χ3v) is 5.20. The maximum atomic E-state index is 13.4. The normalized spacial score (nSPS) is 12.6. The molecule has 0 aromatic heterocycles. The van der Waals surface area contributed by atoms with Gasteiger partial charge in [-0.1, -0.05) is 6.07 Å². The molecule has 1 N–H and O–H groups in total. The zero-order valence-electron chi connectivity index (χ0n) is 13.0. The van der Waals surface area contributed by atoms with E-state index in [9.17, 15) is 9.50 Å². The van der Waals surface area contributed by atoms with Crippen LogP contribution in [0.4, 0.5) is 4.39 Å². The van der Waals surface area contributed by atoms with Crippen LogP contribution in [0.5, 0.6) is 0 Å². The van der Waals surface area contributed by atoms with Gasteiger partial charge in [-0.3, -0.25) is 0 Å². The highest BCUT2D eigenvalue weighted by Crippen LogP contribution is 2.34. The highest BCUT2D eigenvalue weighted by atomic mass is 79.9. The molecule has 2 aromatic carbocycles. The Morgan fingerprint density at radius 3 is 1.86 bits per heavy atom. The van der Waals surface area contributed by atoms with Crippen LogP contribution in [-0.4, -0.2) is 5.11 Å². The van der Waals surface area contributed by atoms with Gasteiger partial charge in [0, 0.05) is 0 Å². The lowest BCUT2D eigenvalue weighted by Gasteiger charge is -2.23. The second kappa shape index (κ2) is 5.90. The van der Waals surface area contributed by atoms with Gasteiger partial charge in [0.25, 0.3) is 0 Å². The molecule has 2 aromatic rings. The predicted molar refractivity (Wildman–Crippen MR) is 88.3 cm³/mol. The average molecular weight is 351 g/mol. The summed E-state index contributed by atoms with van der Waals surface area (Å²) in [4.78, 5) is 0. The van der Waals surface area contributed by atoms with Crippen molar-refractivity contribution in [3.63, 3.8) is 0 Å². The fourth-order valence-electron chi connectivity index (χ4n) is 2.79. The second-order valence-corrected chi connectivity index (χ2v) is 6.47. The summed E-state index contributed by atoms with van der Waals surface area (Å²) in [6, 6.07) is 4.65. The summed E-state index contributed by atoms with van der Waals surface area (Å²) >= 11 is 3.18. The minimum atomic E-state index is -0.750. The minimum absolute atomic E-state index is 0.323. The second-order valence-electron chi connectivity index (χ2n) is 5.61. The molecular weight excluding hydrogens is 331 g/mol. The van der Waals surface area contributed by atoms with Crippen LogP contribution < -0.4 is 0 Å². The van der Waals surface area contributed by atoms with E-state index in [4.69, 9.17) is 0 Å². The topological polar surface area (TPSA) is 20.2 Å². The van der Waals surface area contributed by atoms with Crippen molar-refractivity contribution in [3.8, 4) is 0 Å². The molecule has 0 heterocycles. The van der Waals surface area contributed by atoms with Crippen molar-refractivity contribution < 1.29 is 9.50 Å². The molecule has 3 heteroatoms. The van der Waals surface area contributed by atoms with Gasteiger partial charge < -0.3 is 5.11 Å². The van der Waals surface area contributed by atoms with Crippen LogP contribution in [0.25, 0.3) is 0 Å². The van der Waals surface area contributed by atoms with Crippen molar-refractivity contribution >= 4 is 15.9 Å². The summed E-state index contributed by atoms with van der Waals surface area (Å²) in [5.41, 5.74) is 7.49. The number of halogens is 2. The Hall–Kier alpha value is -1.19. The quantitative estimate of drug-likeness (QED) is 0.787. The minimum Gasteiger partial charge on any atom is -0.384 e. The lowest BCUT2D eigenvalue weighted by atomic mass is 9.85. The number of benzene rings is 2. The number of hydrogen-bond donors (Lipinski definition) is 1. The van der Waals surface area contributed by atoms with Crippen molar-refractivity contribution in [3.05, 3.63) is 67.4 Å². The molecule has 0 aliphatic carbocycles. The van der Waals surface area contributed by atoms with Crippen LogP contribution >= 0.6 is 15.9 Å². The molecule has 0 saturated heterocycles. The van der Waals surface area contributed by atoms with E-state index in [-0.39, 0.29) is 5.82 Å². The molecule has 1 nitrogen and oxygen atoms in total. The Bertz CT molecular complexity index is 678. The van der Waals surface area contributed by atoms with Crippen molar-refractivity contribution in [1.29, 1.82) is 0 Å². The Balaban J connectivity index is 2.63. The number of rotatable bonds is 2. The van der Waals surface area contributed by atoms with E-state index in [0.29, 0.717) is 10.0 Å². The summed E-state index contributed by atoms with van der Waals surface area (Å²) in [6.45, 7) is 10.3. The molecule has 0 amide bonds. The van der Waals surface area contributed by atoms with E-state index in [1.54, 1.807) is 12.1 Å². The van der Waals surface area contributed by atoms with E-state index in [1.807, 2.05) is 13.8 Å². The van der Waals surface area contributed by atoms with Crippen molar-refractivity contribution in [2.45, 2.75) is 40.7 Å². The first-order chi connectivity index (χ1) is 9.75. The van der Waals surface area contributed by atoms with Gasteiger partial charge in [0.1, 0.15) is 11.9 Å². The number of aliphatic hydroxyl groups excluding tert-OH is 1. The van der Waals surface area contributed by atoms with Gasteiger partial charge in [-0.25, -0.2) is 4.39 Å². The molecule has 1 unspecified atom stereocenters. The van der Waals surface area contributed by atoms with Gasteiger partial charge in [-0.05, 0) is 102 Å². The van der Waals surface area contributed by atoms with Crippen LogP contribution in [0.1, 0.15) is 45.0 Å². The van der Waals surface area contributed by atoms with E-state index < -0.39 is 6.10 Å². The molecule has 21 heavy (non-hydrogen) atoms. The van der Waals surface area contributed by atoms with E-state index in [2.05, 4.69) is 36.7 Å². The first-order valence-corrected chi connectivity index (χ1v) is 7.74. The third-order valence-electron chi connectivity index (χ3n) is 4.59. The van der Waals surface area contributed by atoms with Crippen LogP contribution in [0.2, 0.25) is 0 Å².